The molecule has 0 aliphatic heterocycles. The summed E-state index contributed by atoms with van der Waals surface area (Å²) in [7, 11) is 1.68. The lowest BCUT2D eigenvalue weighted by Gasteiger charge is -1.98. The molecule has 0 bridgehead atoms. The molecule has 0 aliphatic carbocycles. The SMILES string of the molecule is CCCNCCc1nnc(-c2sccc2OC)s1. The lowest BCUT2D eigenvalue weighted by molar-refractivity contribution is 0.418. The fourth-order valence-corrected chi connectivity index (χ4v) is 3.35. The molecule has 0 saturated heterocycles. The maximum Gasteiger partial charge on any atom is 0.161 e. The highest BCUT2D eigenvalue weighted by molar-refractivity contribution is 7.21. The fourth-order valence-electron chi connectivity index (χ4n) is 1.56. The predicted molar refractivity (Wildman–Crippen MR) is 76.6 cm³/mol. The average molecular weight is 283 g/mol. The molecule has 18 heavy (non-hydrogen) atoms. The monoisotopic (exact) mass is 283 g/mol. The van der Waals surface area contributed by atoms with Crippen molar-refractivity contribution in [2.24, 2.45) is 0 Å². The van der Waals surface area contributed by atoms with E-state index >= 15 is 0 Å². The molecule has 0 radical (unpaired) electrons. The molecule has 2 aromatic rings. The van der Waals surface area contributed by atoms with Gasteiger partial charge in [0, 0.05) is 13.0 Å². The highest BCUT2D eigenvalue weighted by atomic mass is 32.1. The van der Waals surface area contributed by atoms with Crippen molar-refractivity contribution in [2.75, 3.05) is 20.2 Å². The first-order valence-corrected chi connectivity index (χ1v) is 7.69. The van der Waals surface area contributed by atoms with Crippen LogP contribution in [0.5, 0.6) is 5.75 Å². The molecule has 0 fully saturated rings. The van der Waals surface area contributed by atoms with Crippen molar-refractivity contribution in [1.82, 2.24) is 15.5 Å². The highest BCUT2D eigenvalue weighted by Gasteiger charge is 2.12. The van der Waals surface area contributed by atoms with Gasteiger partial charge in [0.05, 0.1) is 7.11 Å². The Labute approximate surface area is 115 Å². The van der Waals surface area contributed by atoms with Crippen LogP contribution >= 0.6 is 22.7 Å². The number of hydrogen-bond acceptors (Lipinski definition) is 6. The molecule has 0 aromatic carbocycles. The van der Waals surface area contributed by atoms with Gasteiger partial charge in [-0.25, -0.2) is 0 Å². The van der Waals surface area contributed by atoms with Crippen molar-refractivity contribution in [2.45, 2.75) is 19.8 Å². The van der Waals surface area contributed by atoms with Gasteiger partial charge in [-0.3, -0.25) is 0 Å². The van der Waals surface area contributed by atoms with Gasteiger partial charge >= 0.3 is 0 Å². The van der Waals surface area contributed by atoms with Gasteiger partial charge in [0.2, 0.25) is 0 Å². The Balaban J connectivity index is 1.97. The molecule has 4 nitrogen and oxygen atoms in total. The summed E-state index contributed by atoms with van der Waals surface area (Å²) in [4.78, 5) is 1.07. The van der Waals surface area contributed by atoms with Crippen LogP contribution in [0, 0.1) is 0 Å². The Bertz CT molecular complexity index is 481. The van der Waals surface area contributed by atoms with Gasteiger partial charge in [-0.05, 0) is 24.4 Å². The van der Waals surface area contributed by atoms with Crippen LogP contribution in [0.2, 0.25) is 0 Å². The number of rotatable bonds is 7. The summed E-state index contributed by atoms with van der Waals surface area (Å²) in [6.45, 7) is 4.19. The summed E-state index contributed by atoms with van der Waals surface area (Å²) >= 11 is 3.29. The number of nitrogens with one attached hydrogen (secondary N) is 1. The Morgan fingerprint density at radius 3 is 3.00 bits per heavy atom. The van der Waals surface area contributed by atoms with E-state index in [1.54, 1.807) is 29.8 Å². The van der Waals surface area contributed by atoms with Crippen molar-refractivity contribution >= 4 is 22.7 Å². The number of thiophene rings is 1. The second kappa shape index (κ2) is 6.82. The molecule has 0 atom stereocenters. The predicted octanol–water partition coefficient (Wildman–Crippen LogP) is 2.82. The van der Waals surface area contributed by atoms with E-state index in [2.05, 4.69) is 22.4 Å². The van der Waals surface area contributed by atoms with Crippen LogP contribution in [0.25, 0.3) is 9.88 Å². The van der Waals surface area contributed by atoms with Crippen LogP contribution in [0.1, 0.15) is 18.4 Å². The minimum Gasteiger partial charge on any atom is -0.495 e. The van der Waals surface area contributed by atoms with Gasteiger partial charge in [0.15, 0.2) is 5.01 Å². The van der Waals surface area contributed by atoms with Crippen molar-refractivity contribution in [1.29, 1.82) is 0 Å². The van der Waals surface area contributed by atoms with E-state index in [4.69, 9.17) is 4.74 Å². The van der Waals surface area contributed by atoms with Crippen LogP contribution in [-0.4, -0.2) is 30.4 Å². The van der Waals surface area contributed by atoms with Gasteiger partial charge < -0.3 is 10.1 Å². The second-order valence-corrected chi connectivity index (χ2v) is 5.80. The molecular weight excluding hydrogens is 266 g/mol. The van der Waals surface area contributed by atoms with E-state index in [0.717, 1.165) is 46.6 Å². The molecule has 6 heteroatoms. The normalized spacial score (nSPS) is 10.8. The number of hydrogen-bond donors (Lipinski definition) is 1. The average Bonchev–Trinajstić information content (AvgIpc) is 3.02. The third-order valence-corrected chi connectivity index (χ3v) is 4.48. The summed E-state index contributed by atoms with van der Waals surface area (Å²) in [5.41, 5.74) is 0. The maximum atomic E-state index is 5.30. The van der Waals surface area contributed by atoms with E-state index in [1.807, 2.05) is 11.4 Å². The molecule has 0 aliphatic rings. The zero-order chi connectivity index (χ0) is 12.8. The molecule has 2 rings (SSSR count). The largest absolute Gasteiger partial charge is 0.495 e. The van der Waals surface area contributed by atoms with Crippen LogP contribution in [0.3, 0.4) is 0 Å². The maximum absolute atomic E-state index is 5.30. The van der Waals surface area contributed by atoms with E-state index < -0.39 is 0 Å². The summed E-state index contributed by atoms with van der Waals surface area (Å²) in [5, 5.41) is 15.9. The summed E-state index contributed by atoms with van der Waals surface area (Å²) < 4.78 is 5.30. The van der Waals surface area contributed by atoms with Crippen LogP contribution < -0.4 is 10.1 Å². The zero-order valence-electron chi connectivity index (χ0n) is 10.6. The standard InChI is InChI=1S/C12H17N3OS2/c1-3-6-13-7-4-10-14-15-12(18-10)11-9(16-2)5-8-17-11/h5,8,13H,3-4,6-7H2,1-2H3. The zero-order valence-corrected chi connectivity index (χ0v) is 12.2. The molecule has 0 amide bonds. The summed E-state index contributed by atoms with van der Waals surface area (Å²) in [6.07, 6.45) is 2.10. The first kappa shape index (κ1) is 13.5. The minimum atomic E-state index is 0.881. The second-order valence-electron chi connectivity index (χ2n) is 3.82. The molecule has 0 spiro atoms. The summed E-state index contributed by atoms with van der Waals surface area (Å²) in [5.74, 6) is 0.881. The molecular formula is C12H17N3OS2. The molecule has 1 N–H and O–H groups in total. The Hall–Kier alpha value is -0.980. The van der Waals surface area contributed by atoms with Crippen LogP contribution in [0.4, 0.5) is 0 Å². The Morgan fingerprint density at radius 2 is 2.22 bits per heavy atom. The minimum absolute atomic E-state index is 0.881. The summed E-state index contributed by atoms with van der Waals surface area (Å²) in [6, 6.07) is 1.96. The van der Waals surface area contributed by atoms with Crippen LogP contribution in [-0.2, 0) is 6.42 Å². The van der Waals surface area contributed by atoms with E-state index in [1.165, 1.54) is 0 Å². The van der Waals surface area contributed by atoms with Gasteiger partial charge in [-0.1, -0.05) is 18.3 Å². The quantitative estimate of drug-likeness (QED) is 0.794. The highest BCUT2D eigenvalue weighted by Crippen LogP contribution is 2.36. The van der Waals surface area contributed by atoms with Gasteiger partial charge in [0.1, 0.15) is 15.6 Å². The molecule has 0 unspecified atom stereocenters. The van der Waals surface area contributed by atoms with Crippen molar-refractivity contribution in [3.8, 4) is 15.6 Å². The number of nitrogens with zero attached hydrogens (tertiary/aromatic N) is 2. The van der Waals surface area contributed by atoms with Crippen molar-refractivity contribution in [3.05, 3.63) is 16.5 Å². The molecule has 98 valence electrons. The van der Waals surface area contributed by atoms with Crippen molar-refractivity contribution < 1.29 is 4.74 Å². The fraction of sp³-hybridized carbons (Fsp3) is 0.500. The Kier molecular flexibility index (Phi) is 5.10. The molecule has 2 heterocycles. The molecule has 0 saturated carbocycles. The third kappa shape index (κ3) is 3.28. The lowest BCUT2D eigenvalue weighted by atomic mass is 10.4. The van der Waals surface area contributed by atoms with E-state index in [9.17, 15) is 0 Å². The van der Waals surface area contributed by atoms with E-state index in [-0.39, 0.29) is 0 Å². The van der Waals surface area contributed by atoms with Gasteiger partial charge in [-0.2, -0.15) is 0 Å². The first-order valence-electron chi connectivity index (χ1n) is 6.00. The van der Waals surface area contributed by atoms with Gasteiger partial charge in [0.25, 0.3) is 0 Å². The number of ether oxygens (including phenoxy) is 1. The van der Waals surface area contributed by atoms with Crippen LogP contribution in [0.15, 0.2) is 11.4 Å². The van der Waals surface area contributed by atoms with Crippen molar-refractivity contribution in [3.63, 3.8) is 0 Å². The first-order chi connectivity index (χ1) is 8.85. The molecule has 2 aromatic heterocycles. The van der Waals surface area contributed by atoms with E-state index in [0.29, 0.717) is 0 Å². The number of aromatic nitrogens is 2. The Morgan fingerprint density at radius 1 is 1.33 bits per heavy atom. The smallest absolute Gasteiger partial charge is 0.161 e. The number of methoxy groups -OCH3 is 1. The lowest BCUT2D eigenvalue weighted by Crippen LogP contribution is -2.17. The topological polar surface area (TPSA) is 47.0 Å². The van der Waals surface area contributed by atoms with Gasteiger partial charge in [-0.15, -0.1) is 21.5 Å². The third-order valence-electron chi connectivity index (χ3n) is 2.45.